The van der Waals surface area contributed by atoms with Crippen LogP contribution in [-0.2, 0) is 10.0 Å². The summed E-state index contributed by atoms with van der Waals surface area (Å²) in [5.41, 5.74) is 6.24. The maximum Gasteiger partial charge on any atom is 0.265 e. The van der Waals surface area contributed by atoms with Gasteiger partial charge in [0.1, 0.15) is 10.7 Å². The molecule has 21 heavy (non-hydrogen) atoms. The van der Waals surface area contributed by atoms with Gasteiger partial charge >= 0.3 is 0 Å². The predicted molar refractivity (Wildman–Crippen MR) is 78.6 cm³/mol. The molecule has 7 nitrogen and oxygen atoms in total. The molecule has 0 bridgehead atoms. The molecule has 1 aromatic heterocycles. The van der Waals surface area contributed by atoms with Gasteiger partial charge in [0, 0.05) is 4.47 Å². The van der Waals surface area contributed by atoms with Crippen LogP contribution < -0.4 is 10.5 Å². The van der Waals surface area contributed by atoms with Gasteiger partial charge in [0.05, 0.1) is 17.1 Å². The first-order valence-corrected chi connectivity index (χ1v) is 7.93. The second kappa shape index (κ2) is 5.53. The number of aryl methyl sites for hydroxylation is 2. The van der Waals surface area contributed by atoms with E-state index in [9.17, 15) is 12.8 Å². The van der Waals surface area contributed by atoms with Crippen molar-refractivity contribution < 1.29 is 12.8 Å². The fraction of sp³-hybridized carbons (Fsp3) is 0.182. The molecule has 3 N–H and O–H groups in total. The van der Waals surface area contributed by atoms with Crippen LogP contribution in [0.25, 0.3) is 0 Å². The third kappa shape index (κ3) is 3.27. The summed E-state index contributed by atoms with van der Waals surface area (Å²) in [5, 5.41) is 7.42. The van der Waals surface area contributed by atoms with E-state index < -0.39 is 15.8 Å². The van der Waals surface area contributed by atoms with Crippen LogP contribution in [0.5, 0.6) is 0 Å². The summed E-state index contributed by atoms with van der Waals surface area (Å²) in [6.07, 6.45) is 0. The third-order valence-electron chi connectivity index (χ3n) is 2.66. The monoisotopic (exact) mass is 375 g/mol. The number of benzene rings is 1. The standard InChI is InChI=1S/C11H11BrFN5O2S/c1-5-6(2)16-17-11(15-5)18-21(19,20)10-4-9(14)8(13)3-7(10)12/h3-4H,14H2,1-2H3,(H,15,17,18). The Kier molecular flexibility index (Phi) is 4.10. The van der Waals surface area contributed by atoms with E-state index in [1.54, 1.807) is 13.8 Å². The summed E-state index contributed by atoms with van der Waals surface area (Å²) in [6, 6.07) is 1.99. The summed E-state index contributed by atoms with van der Waals surface area (Å²) in [4.78, 5) is 3.75. The highest BCUT2D eigenvalue weighted by Gasteiger charge is 2.21. The minimum absolute atomic E-state index is 0.0403. The molecule has 112 valence electrons. The van der Waals surface area contributed by atoms with Crippen LogP contribution in [-0.4, -0.2) is 23.6 Å². The summed E-state index contributed by atoms with van der Waals surface area (Å²) < 4.78 is 40.0. The lowest BCUT2D eigenvalue weighted by Gasteiger charge is -2.10. The van der Waals surface area contributed by atoms with E-state index in [1.165, 1.54) is 0 Å². The quantitative estimate of drug-likeness (QED) is 0.790. The molecule has 0 radical (unpaired) electrons. The van der Waals surface area contributed by atoms with Gasteiger partial charge in [-0.15, -0.1) is 5.10 Å². The molecule has 0 aliphatic heterocycles. The van der Waals surface area contributed by atoms with Crippen molar-refractivity contribution in [2.75, 3.05) is 10.5 Å². The summed E-state index contributed by atoms with van der Waals surface area (Å²) in [7, 11) is -4.02. The molecule has 0 saturated heterocycles. The molecule has 0 saturated carbocycles. The molecule has 0 aliphatic carbocycles. The zero-order chi connectivity index (χ0) is 15.8. The second-order valence-electron chi connectivity index (χ2n) is 4.22. The van der Waals surface area contributed by atoms with Gasteiger partial charge < -0.3 is 5.73 Å². The molecule has 0 fully saturated rings. The van der Waals surface area contributed by atoms with E-state index in [0.717, 1.165) is 12.1 Å². The van der Waals surface area contributed by atoms with Crippen molar-refractivity contribution in [1.82, 2.24) is 15.2 Å². The van der Waals surface area contributed by atoms with Crippen LogP contribution in [0.4, 0.5) is 16.0 Å². The highest BCUT2D eigenvalue weighted by atomic mass is 79.9. The van der Waals surface area contributed by atoms with Gasteiger partial charge in [0.15, 0.2) is 0 Å². The maximum atomic E-state index is 13.3. The first-order valence-electron chi connectivity index (χ1n) is 5.66. The molecule has 0 atom stereocenters. The smallest absolute Gasteiger partial charge is 0.265 e. The van der Waals surface area contributed by atoms with Gasteiger partial charge in [-0.2, -0.15) is 5.10 Å². The number of rotatable bonds is 3. The number of hydrogen-bond acceptors (Lipinski definition) is 6. The average molecular weight is 376 g/mol. The number of nitrogens with two attached hydrogens (primary N) is 1. The molecular formula is C11H11BrFN5O2S. The van der Waals surface area contributed by atoms with E-state index in [4.69, 9.17) is 5.73 Å². The second-order valence-corrected chi connectivity index (χ2v) is 6.72. The van der Waals surface area contributed by atoms with E-state index >= 15 is 0 Å². The maximum absolute atomic E-state index is 13.3. The molecule has 0 amide bonds. The minimum Gasteiger partial charge on any atom is -0.396 e. The lowest BCUT2D eigenvalue weighted by molar-refractivity contribution is 0.598. The molecule has 0 aliphatic rings. The number of hydrogen-bond donors (Lipinski definition) is 2. The number of sulfonamides is 1. The Bertz CT molecular complexity index is 813. The van der Waals surface area contributed by atoms with Gasteiger partial charge in [-0.3, -0.25) is 0 Å². The lowest BCUT2D eigenvalue weighted by Crippen LogP contribution is -2.17. The van der Waals surface area contributed by atoms with Crippen LogP contribution in [0.1, 0.15) is 11.4 Å². The Balaban J connectivity index is 2.43. The highest BCUT2D eigenvalue weighted by molar-refractivity contribution is 9.10. The average Bonchev–Trinajstić information content (AvgIpc) is 2.37. The first-order chi connectivity index (χ1) is 9.70. The molecule has 1 heterocycles. The molecule has 2 rings (SSSR count). The number of nitrogen functional groups attached to an aromatic ring is 1. The van der Waals surface area contributed by atoms with Crippen molar-refractivity contribution >= 4 is 37.6 Å². The van der Waals surface area contributed by atoms with Crippen molar-refractivity contribution in [3.63, 3.8) is 0 Å². The summed E-state index contributed by atoms with van der Waals surface area (Å²) in [5.74, 6) is -0.891. The predicted octanol–water partition coefficient (Wildman–Crippen LogP) is 1.77. The van der Waals surface area contributed by atoms with Crippen molar-refractivity contribution in [1.29, 1.82) is 0 Å². The van der Waals surface area contributed by atoms with Gasteiger partial charge in [-0.05, 0) is 41.9 Å². The summed E-state index contributed by atoms with van der Waals surface area (Å²) >= 11 is 2.99. The minimum atomic E-state index is -4.02. The number of aromatic nitrogens is 3. The Hall–Kier alpha value is -1.81. The highest BCUT2D eigenvalue weighted by Crippen LogP contribution is 2.27. The molecule has 1 aromatic carbocycles. The Labute approximate surface area is 129 Å². The fourth-order valence-corrected chi connectivity index (χ4v) is 3.42. The van der Waals surface area contributed by atoms with E-state index in [2.05, 4.69) is 35.8 Å². The molecule has 2 aromatic rings. The van der Waals surface area contributed by atoms with Crippen LogP contribution in [0.2, 0.25) is 0 Å². The number of halogens is 2. The van der Waals surface area contributed by atoms with Crippen LogP contribution in [0, 0.1) is 19.7 Å². The van der Waals surface area contributed by atoms with E-state index in [1.807, 2.05) is 0 Å². The van der Waals surface area contributed by atoms with E-state index in [0.29, 0.717) is 11.4 Å². The van der Waals surface area contributed by atoms with Crippen LogP contribution in [0.3, 0.4) is 0 Å². The zero-order valence-corrected chi connectivity index (χ0v) is 13.5. The molecular weight excluding hydrogens is 365 g/mol. The SMILES string of the molecule is Cc1nnc(NS(=O)(=O)c2cc(N)c(F)cc2Br)nc1C. The number of nitrogens with zero attached hydrogens (tertiary/aromatic N) is 3. The van der Waals surface area contributed by atoms with Gasteiger partial charge in [0.2, 0.25) is 0 Å². The largest absolute Gasteiger partial charge is 0.396 e. The van der Waals surface area contributed by atoms with Gasteiger partial charge in [-0.25, -0.2) is 22.5 Å². The van der Waals surface area contributed by atoms with E-state index in [-0.39, 0.29) is 21.0 Å². The summed E-state index contributed by atoms with van der Waals surface area (Å²) in [6.45, 7) is 3.37. The first kappa shape index (κ1) is 15.6. The van der Waals surface area contributed by atoms with Crippen molar-refractivity contribution in [3.05, 3.63) is 33.8 Å². The molecule has 0 spiro atoms. The van der Waals surface area contributed by atoms with Crippen molar-refractivity contribution in [2.45, 2.75) is 18.7 Å². The lowest BCUT2D eigenvalue weighted by atomic mass is 10.3. The van der Waals surface area contributed by atoms with Crippen molar-refractivity contribution in [3.8, 4) is 0 Å². The van der Waals surface area contributed by atoms with Crippen molar-refractivity contribution in [2.24, 2.45) is 0 Å². The third-order valence-corrected chi connectivity index (χ3v) is 4.94. The van der Waals surface area contributed by atoms with Gasteiger partial charge in [0.25, 0.3) is 16.0 Å². The Morgan fingerprint density at radius 3 is 2.52 bits per heavy atom. The zero-order valence-electron chi connectivity index (χ0n) is 11.1. The van der Waals surface area contributed by atoms with Crippen LogP contribution >= 0.6 is 15.9 Å². The Morgan fingerprint density at radius 2 is 1.90 bits per heavy atom. The Morgan fingerprint density at radius 1 is 1.24 bits per heavy atom. The van der Waals surface area contributed by atoms with Gasteiger partial charge in [-0.1, -0.05) is 0 Å². The number of nitrogens with one attached hydrogen (secondary N) is 1. The number of anilines is 2. The topological polar surface area (TPSA) is 111 Å². The fourth-order valence-electron chi connectivity index (χ4n) is 1.43. The normalized spacial score (nSPS) is 11.4. The molecule has 0 unspecified atom stereocenters. The van der Waals surface area contributed by atoms with Crippen LogP contribution in [0.15, 0.2) is 21.5 Å². The molecule has 10 heteroatoms.